The first-order chi connectivity index (χ1) is 11.8. The highest BCUT2D eigenvalue weighted by atomic mass is 16.2. The fourth-order valence-electron chi connectivity index (χ4n) is 4.59. The summed E-state index contributed by atoms with van der Waals surface area (Å²) in [6.07, 6.45) is 8.18. The largest absolute Gasteiger partial charge is 0.360 e. The van der Waals surface area contributed by atoms with Crippen molar-refractivity contribution in [1.82, 2.24) is 20.1 Å². The van der Waals surface area contributed by atoms with Gasteiger partial charge in [0.1, 0.15) is 0 Å². The Bertz CT molecular complexity index is 924. The Labute approximate surface area is 140 Å². The van der Waals surface area contributed by atoms with Crippen LogP contribution in [0.15, 0.2) is 36.7 Å². The van der Waals surface area contributed by atoms with Crippen molar-refractivity contribution in [3.05, 3.63) is 53.5 Å². The number of nitrogens with one attached hydrogen (secondary N) is 2. The van der Waals surface area contributed by atoms with Crippen LogP contribution >= 0.6 is 0 Å². The lowest BCUT2D eigenvalue weighted by Gasteiger charge is -2.40. The SMILES string of the molecule is O=C(c1c[nH]c2ccccc12)N1CCCC2(CCc3cn[nH]c32)C1. The molecule has 5 nitrogen and oxygen atoms in total. The van der Waals surface area contributed by atoms with Gasteiger partial charge in [0.25, 0.3) is 5.91 Å². The number of carbonyl (C=O) groups excluding carboxylic acids is 1. The van der Waals surface area contributed by atoms with E-state index in [9.17, 15) is 4.79 Å². The summed E-state index contributed by atoms with van der Waals surface area (Å²) in [4.78, 5) is 18.4. The lowest BCUT2D eigenvalue weighted by Crippen LogP contribution is -2.47. The van der Waals surface area contributed by atoms with Crippen LogP contribution in [0.5, 0.6) is 0 Å². The third-order valence-corrected chi connectivity index (χ3v) is 5.80. The van der Waals surface area contributed by atoms with Crippen molar-refractivity contribution in [2.45, 2.75) is 31.1 Å². The predicted octanol–water partition coefficient (Wildman–Crippen LogP) is 3.01. The number of aromatic amines is 2. The number of benzene rings is 1. The second-order valence-corrected chi connectivity index (χ2v) is 7.13. The molecule has 0 saturated carbocycles. The Morgan fingerprint density at radius 3 is 3.12 bits per heavy atom. The summed E-state index contributed by atoms with van der Waals surface area (Å²) in [6, 6.07) is 8.00. The number of piperidine rings is 1. The maximum Gasteiger partial charge on any atom is 0.256 e. The number of hydrogen-bond donors (Lipinski definition) is 2. The fraction of sp³-hybridized carbons (Fsp3) is 0.368. The molecule has 2 aliphatic rings. The van der Waals surface area contributed by atoms with Crippen molar-refractivity contribution in [2.75, 3.05) is 13.1 Å². The highest BCUT2D eigenvalue weighted by Crippen LogP contribution is 2.44. The van der Waals surface area contributed by atoms with Crippen LogP contribution in [0.4, 0.5) is 0 Å². The normalized spacial score (nSPS) is 23.1. The molecule has 2 N–H and O–H groups in total. The van der Waals surface area contributed by atoms with Gasteiger partial charge in [-0.15, -0.1) is 0 Å². The molecule has 1 spiro atoms. The zero-order valence-corrected chi connectivity index (χ0v) is 13.5. The van der Waals surface area contributed by atoms with Crippen molar-refractivity contribution in [1.29, 1.82) is 0 Å². The minimum atomic E-state index is 0.0753. The molecule has 1 atom stereocenters. The van der Waals surface area contributed by atoms with Crippen molar-refractivity contribution in [3.63, 3.8) is 0 Å². The molecule has 5 rings (SSSR count). The number of nitrogens with zero attached hydrogens (tertiary/aromatic N) is 2. The molecule has 0 radical (unpaired) electrons. The highest BCUT2D eigenvalue weighted by Gasteiger charge is 2.44. The third kappa shape index (κ3) is 1.87. The summed E-state index contributed by atoms with van der Waals surface area (Å²) >= 11 is 0. The van der Waals surface area contributed by atoms with Gasteiger partial charge in [0.15, 0.2) is 0 Å². The highest BCUT2D eigenvalue weighted by molar-refractivity contribution is 6.06. The predicted molar refractivity (Wildman–Crippen MR) is 92.0 cm³/mol. The van der Waals surface area contributed by atoms with Gasteiger partial charge in [-0.25, -0.2) is 0 Å². The Morgan fingerprint density at radius 2 is 2.17 bits per heavy atom. The number of aryl methyl sites for hydroxylation is 1. The smallest absolute Gasteiger partial charge is 0.256 e. The van der Waals surface area contributed by atoms with Crippen LogP contribution in [0.25, 0.3) is 10.9 Å². The van der Waals surface area contributed by atoms with E-state index in [4.69, 9.17) is 0 Å². The molecule has 1 unspecified atom stereocenters. The number of aromatic nitrogens is 3. The lowest BCUT2D eigenvalue weighted by atomic mass is 9.77. The van der Waals surface area contributed by atoms with Gasteiger partial charge in [-0.2, -0.15) is 5.10 Å². The molecule has 24 heavy (non-hydrogen) atoms. The van der Waals surface area contributed by atoms with Crippen LogP contribution in [0.1, 0.15) is 40.9 Å². The fourth-order valence-corrected chi connectivity index (χ4v) is 4.59. The van der Waals surface area contributed by atoms with Gasteiger partial charge in [-0.05, 0) is 37.3 Å². The van der Waals surface area contributed by atoms with Crippen molar-refractivity contribution in [3.8, 4) is 0 Å². The average Bonchev–Trinajstić information content (AvgIpc) is 3.32. The monoisotopic (exact) mass is 320 g/mol. The van der Waals surface area contributed by atoms with E-state index in [1.807, 2.05) is 41.6 Å². The molecule has 1 aromatic carbocycles. The molecular weight excluding hydrogens is 300 g/mol. The summed E-state index contributed by atoms with van der Waals surface area (Å²) in [7, 11) is 0. The van der Waals surface area contributed by atoms with Gasteiger partial charge < -0.3 is 9.88 Å². The molecule has 3 aromatic rings. The second-order valence-electron chi connectivity index (χ2n) is 7.13. The number of likely N-dealkylation sites (tertiary alicyclic amines) is 1. The summed E-state index contributed by atoms with van der Waals surface area (Å²) < 4.78 is 0. The topological polar surface area (TPSA) is 64.8 Å². The summed E-state index contributed by atoms with van der Waals surface area (Å²) in [5.74, 6) is 0.138. The minimum absolute atomic E-state index is 0.0753. The van der Waals surface area contributed by atoms with E-state index >= 15 is 0 Å². The zero-order chi connectivity index (χ0) is 16.1. The molecule has 1 saturated heterocycles. The first-order valence-electron chi connectivity index (χ1n) is 8.65. The molecule has 122 valence electrons. The van der Waals surface area contributed by atoms with Gasteiger partial charge >= 0.3 is 0 Å². The van der Waals surface area contributed by atoms with E-state index < -0.39 is 0 Å². The number of carbonyl (C=O) groups is 1. The maximum absolute atomic E-state index is 13.1. The minimum Gasteiger partial charge on any atom is -0.360 e. The van der Waals surface area contributed by atoms with Gasteiger partial charge in [-0.3, -0.25) is 9.89 Å². The van der Waals surface area contributed by atoms with E-state index in [2.05, 4.69) is 15.2 Å². The Hall–Kier alpha value is -2.56. The van der Waals surface area contributed by atoms with Crippen molar-refractivity contribution in [2.24, 2.45) is 0 Å². The zero-order valence-electron chi connectivity index (χ0n) is 13.5. The van der Waals surface area contributed by atoms with Gasteiger partial charge in [0, 0.05) is 41.3 Å². The second kappa shape index (κ2) is 4.97. The Balaban J connectivity index is 1.48. The van der Waals surface area contributed by atoms with Crippen LogP contribution in [-0.2, 0) is 11.8 Å². The Kier molecular flexibility index (Phi) is 2.86. The van der Waals surface area contributed by atoms with Gasteiger partial charge in [-0.1, -0.05) is 18.2 Å². The van der Waals surface area contributed by atoms with E-state index in [0.29, 0.717) is 0 Å². The summed E-state index contributed by atoms with van der Waals surface area (Å²) in [5.41, 5.74) is 4.47. The van der Waals surface area contributed by atoms with E-state index in [-0.39, 0.29) is 11.3 Å². The Morgan fingerprint density at radius 1 is 1.25 bits per heavy atom. The van der Waals surface area contributed by atoms with Gasteiger partial charge in [0.2, 0.25) is 0 Å². The molecule has 0 bridgehead atoms. The van der Waals surface area contributed by atoms with Crippen LogP contribution in [0.2, 0.25) is 0 Å². The molecule has 1 fully saturated rings. The molecule has 1 aliphatic heterocycles. The molecule has 1 amide bonds. The number of amides is 1. The number of rotatable bonds is 1. The van der Waals surface area contributed by atoms with Crippen LogP contribution in [0.3, 0.4) is 0 Å². The standard InChI is InChI=1S/C19H20N4O/c24-18(15-11-20-16-5-2-1-4-14(15)16)23-9-3-7-19(12-23)8-6-13-10-21-22-17(13)19/h1-2,4-5,10-11,20H,3,6-9,12H2,(H,21,22). The first-order valence-corrected chi connectivity index (χ1v) is 8.65. The maximum atomic E-state index is 13.1. The van der Waals surface area contributed by atoms with E-state index in [0.717, 1.165) is 55.2 Å². The van der Waals surface area contributed by atoms with E-state index in [1.54, 1.807) is 0 Å². The molecule has 5 heteroatoms. The quantitative estimate of drug-likeness (QED) is 0.724. The molecule has 3 heterocycles. The van der Waals surface area contributed by atoms with E-state index in [1.165, 1.54) is 11.3 Å². The molecule has 2 aromatic heterocycles. The first kappa shape index (κ1) is 13.8. The van der Waals surface area contributed by atoms with Crippen molar-refractivity contribution >= 4 is 16.8 Å². The lowest BCUT2D eigenvalue weighted by molar-refractivity contribution is 0.0635. The van der Waals surface area contributed by atoms with Crippen LogP contribution < -0.4 is 0 Å². The average molecular weight is 320 g/mol. The summed E-state index contributed by atoms with van der Waals surface area (Å²) in [5, 5.41) is 8.44. The summed E-state index contributed by atoms with van der Waals surface area (Å²) in [6.45, 7) is 1.63. The van der Waals surface area contributed by atoms with Crippen LogP contribution in [-0.4, -0.2) is 39.1 Å². The van der Waals surface area contributed by atoms with Crippen molar-refractivity contribution < 1.29 is 4.79 Å². The number of fused-ring (bicyclic) bond motifs is 3. The number of H-pyrrole nitrogens is 2. The number of para-hydroxylation sites is 1. The van der Waals surface area contributed by atoms with Crippen LogP contribution in [0, 0.1) is 0 Å². The van der Waals surface area contributed by atoms with Gasteiger partial charge in [0.05, 0.1) is 11.8 Å². The molecule has 1 aliphatic carbocycles. The molecular formula is C19H20N4O. The number of hydrogen-bond acceptors (Lipinski definition) is 2. The third-order valence-electron chi connectivity index (χ3n) is 5.80.